The molecule has 1 amide bonds. The van der Waals surface area contributed by atoms with Gasteiger partial charge in [0, 0.05) is 24.2 Å². The third-order valence-corrected chi connectivity index (χ3v) is 4.28. The molecular formula is C15H22N2O2. The predicted molar refractivity (Wildman–Crippen MR) is 75.1 cm³/mol. The van der Waals surface area contributed by atoms with E-state index in [0.717, 1.165) is 19.3 Å². The number of aromatic hydroxyl groups is 1. The Kier molecular flexibility index (Phi) is 4.10. The summed E-state index contributed by atoms with van der Waals surface area (Å²) in [7, 11) is 1.84. The number of nitrogens with zero attached hydrogens (tertiary/aromatic N) is 1. The molecular weight excluding hydrogens is 240 g/mol. The molecule has 0 bridgehead atoms. The molecule has 0 heterocycles. The summed E-state index contributed by atoms with van der Waals surface area (Å²) < 4.78 is 0. The van der Waals surface area contributed by atoms with E-state index in [1.54, 1.807) is 30.0 Å². The van der Waals surface area contributed by atoms with E-state index in [1.807, 2.05) is 7.05 Å². The number of rotatable bonds is 3. The first-order chi connectivity index (χ1) is 9.06. The van der Waals surface area contributed by atoms with Gasteiger partial charge in [0.25, 0.3) is 5.91 Å². The lowest BCUT2D eigenvalue weighted by molar-refractivity contribution is 0.0698. The third-order valence-electron chi connectivity index (χ3n) is 4.28. The fourth-order valence-electron chi connectivity index (χ4n) is 3.00. The molecule has 1 saturated carbocycles. The van der Waals surface area contributed by atoms with Crippen LogP contribution < -0.4 is 5.73 Å². The van der Waals surface area contributed by atoms with Gasteiger partial charge in [-0.25, -0.2) is 0 Å². The van der Waals surface area contributed by atoms with Crippen molar-refractivity contribution in [3.05, 3.63) is 29.3 Å². The molecule has 0 spiro atoms. The zero-order chi connectivity index (χ0) is 14.0. The topological polar surface area (TPSA) is 66.6 Å². The average molecular weight is 262 g/mol. The number of phenolic OH excluding ortho intramolecular Hbond substituents is 1. The van der Waals surface area contributed by atoms with Gasteiger partial charge in [-0.3, -0.25) is 4.79 Å². The van der Waals surface area contributed by atoms with Crippen LogP contribution >= 0.6 is 0 Å². The highest BCUT2D eigenvalue weighted by Crippen LogP contribution is 2.30. The summed E-state index contributed by atoms with van der Waals surface area (Å²) in [5.41, 5.74) is 6.99. The third kappa shape index (κ3) is 2.59. The van der Waals surface area contributed by atoms with E-state index in [1.165, 1.54) is 0 Å². The van der Waals surface area contributed by atoms with Crippen molar-refractivity contribution in [2.45, 2.75) is 32.2 Å². The van der Waals surface area contributed by atoms with Crippen LogP contribution in [0.3, 0.4) is 0 Å². The van der Waals surface area contributed by atoms with Crippen LogP contribution in [0, 0.1) is 12.8 Å². The summed E-state index contributed by atoms with van der Waals surface area (Å²) in [6.07, 6.45) is 3.24. The van der Waals surface area contributed by atoms with Crippen molar-refractivity contribution >= 4 is 5.91 Å². The van der Waals surface area contributed by atoms with Gasteiger partial charge in [0.1, 0.15) is 5.75 Å². The number of nitrogens with two attached hydrogens (primary N) is 1. The number of phenols is 1. The van der Waals surface area contributed by atoms with Crippen molar-refractivity contribution in [3.8, 4) is 5.75 Å². The van der Waals surface area contributed by atoms with Crippen LogP contribution in [0.25, 0.3) is 0 Å². The van der Waals surface area contributed by atoms with E-state index in [0.29, 0.717) is 23.6 Å². The van der Waals surface area contributed by atoms with Gasteiger partial charge in [-0.2, -0.15) is 0 Å². The van der Waals surface area contributed by atoms with Crippen LogP contribution in [0.5, 0.6) is 5.75 Å². The van der Waals surface area contributed by atoms with Gasteiger partial charge < -0.3 is 15.7 Å². The van der Waals surface area contributed by atoms with E-state index < -0.39 is 0 Å². The molecule has 1 fully saturated rings. The zero-order valence-electron chi connectivity index (χ0n) is 11.6. The van der Waals surface area contributed by atoms with Crippen LogP contribution in [0.1, 0.15) is 35.2 Å². The molecule has 2 atom stereocenters. The van der Waals surface area contributed by atoms with Gasteiger partial charge in [-0.1, -0.05) is 12.5 Å². The maximum absolute atomic E-state index is 12.5. The first kappa shape index (κ1) is 13.9. The van der Waals surface area contributed by atoms with Crippen molar-refractivity contribution in [1.82, 2.24) is 4.90 Å². The highest BCUT2D eigenvalue weighted by atomic mass is 16.3. The van der Waals surface area contributed by atoms with E-state index in [-0.39, 0.29) is 17.7 Å². The summed E-state index contributed by atoms with van der Waals surface area (Å²) in [5, 5.41) is 9.70. The molecule has 0 saturated heterocycles. The summed E-state index contributed by atoms with van der Waals surface area (Å²) in [6.45, 7) is 2.40. The van der Waals surface area contributed by atoms with Gasteiger partial charge in [0.2, 0.25) is 0 Å². The summed E-state index contributed by atoms with van der Waals surface area (Å²) in [5.74, 6) is 0.534. The number of carbonyl (C=O) groups excluding carboxylic acids is 1. The van der Waals surface area contributed by atoms with Crippen LogP contribution in [0.4, 0.5) is 0 Å². The van der Waals surface area contributed by atoms with Gasteiger partial charge >= 0.3 is 0 Å². The minimum atomic E-state index is -0.0289. The fraction of sp³-hybridized carbons (Fsp3) is 0.533. The quantitative estimate of drug-likeness (QED) is 0.874. The average Bonchev–Trinajstić information content (AvgIpc) is 2.88. The number of amides is 1. The Bertz CT molecular complexity index is 473. The SMILES string of the molecule is Cc1c(O)cccc1C(=O)N(C)C1CCCC1CN. The second kappa shape index (κ2) is 5.61. The highest BCUT2D eigenvalue weighted by molar-refractivity contribution is 5.96. The van der Waals surface area contributed by atoms with Gasteiger partial charge in [0.05, 0.1) is 0 Å². The molecule has 19 heavy (non-hydrogen) atoms. The van der Waals surface area contributed by atoms with Crippen molar-refractivity contribution in [1.29, 1.82) is 0 Å². The van der Waals surface area contributed by atoms with E-state index in [9.17, 15) is 9.90 Å². The van der Waals surface area contributed by atoms with Crippen LogP contribution in [-0.2, 0) is 0 Å². The lowest BCUT2D eigenvalue weighted by atomic mass is 10.0. The molecule has 0 aromatic heterocycles. The van der Waals surface area contributed by atoms with E-state index in [4.69, 9.17) is 5.73 Å². The maximum atomic E-state index is 12.5. The van der Waals surface area contributed by atoms with Crippen molar-refractivity contribution < 1.29 is 9.90 Å². The molecule has 4 heteroatoms. The number of hydrogen-bond acceptors (Lipinski definition) is 3. The largest absolute Gasteiger partial charge is 0.508 e. The van der Waals surface area contributed by atoms with Crippen molar-refractivity contribution in [3.63, 3.8) is 0 Å². The number of carbonyl (C=O) groups is 1. The Morgan fingerprint density at radius 2 is 2.21 bits per heavy atom. The molecule has 4 nitrogen and oxygen atoms in total. The first-order valence-electron chi connectivity index (χ1n) is 6.82. The lowest BCUT2D eigenvalue weighted by Crippen LogP contribution is -2.41. The molecule has 0 radical (unpaired) electrons. The maximum Gasteiger partial charge on any atom is 0.254 e. The molecule has 0 aliphatic heterocycles. The molecule has 3 N–H and O–H groups in total. The lowest BCUT2D eigenvalue weighted by Gasteiger charge is -2.29. The Balaban J connectivity index is 2.21. The minimum absolute atomic E-state index is 0.0289. The molecule has 1 aromatic rings. The Morgan fingerprint density at radius 3 is 2.89 bits per heavy atom. The Morgan fingerprint density at radius 1 is 1.47 bits per heavy atom. The molecule has 2 rings (SSSR count). The Hall–Kier alpha value is -1.55. The second-order valence-electron chi connectivity index (χ2n) is 5.36. The van der Waals surface area contributed by atoms with Gasteiger partial charge in [-0.05, 0) is 44.4 Å². The first-order valence-corrected chi connectivity index (χ1v) is 6.82. The predicted octanol–water partition coefficient (Wildman–Crippen LogP) is 1.90. The smallest absolute Gasteiger partial charge is 0.254 e. The van der Waals surface area contributed by atoms with Crippen LogP contribution in [-0.4, -0.2) is 35.5 Å². The molecule has 1 aliphatic rings. The van der Waals surface area contributed by atoms with Crippen LogP contribution in [0.2, 0.25) is 0 Å². The molecule has 1 aliphatic carbocycles. The Labute approximate surface area is 114 Å². The summed E-state index contributed by atoms with van der Waals surface area (Å²) in [4.78, 5) is 14.3. The van der Waals surface area contributed by atoms with Gasteiger partial charge in [0.15, 0.2) is 0 Å². The minimum Gasteiger partial charge on any atom is -0.508 e. The van der Waals surface area contributed by atoms with E-state index in [2.05, 4.69) is 0 Å². The molecule has 104 valence electrons. The second-order valence-corrected chi connectivity index (χ2v) is 5.36. The van der Waals surface area contributed by atoms with Crippen molar-refractivity contribution in [2.75, 3.05) is 13.6 Å². The fourth-order valence-corrected chi connectivity index (χ4v) is 3.00. The number of hydrogen-bond donors (Lipinski definition) is 2. The monoisotopic (exact) mass is 262 g/mol. The standard InChI is InChI=1S/C15H22N2O2/c1-10-12(6-4-8-14(10)18)15(19)17(2)13-7-3-5-11(13)9-16/h4,6,8,11,13,18H,3,5,7,9,16H2,1-2H3. The summed E-state index contributed by atoms with van der Waals surface area (Å²) >= 11 is 0. The highest BCUT2D eigenvalue weighted by Gasteiger charge is 2.32. The van der Waals surface area contributed by atoms with Crippen LogP contribution in [0.15, 0.2) is 18.2 Å². The van der Waals surface area contributed by atoms with Gasteiger partial charge in [-0.15, -0.1) is 0 Å². The molecule has 2 unspecified atom stereocenters. The molecule has 1 aromatic carbocycles. The zero-order valence-corrected chi connectivity index (χ0v) is 11.6. The van der Waals surface area contributed by atoms with Crippen molar-refractivity contribution in [2.24, 2.45) is 11.7 Å². The van der Waals surface area contributed by atoms with E-state index >= 15 is 0 Å². The number of benzene rings is 1. The summed E-state index contributed by atoms with van der Waals surface area (Å²) in [6, 6.07) is 5.29. The normalized spacial score (nSPS) is 22.5.